The average Bonchev–Trinajstić information content (AvgIpc) is 2.48. The Balaban J connectivity index is 2.05. The normalized spacial score (nSPS) is 16.1. The van der Waals surface area contributed by atoms with Gasteiger partial charge in [-0.25, -0.2) is 4.39 Å². The summed E-state index contributed by atoms with van der Waals surface area (Å²) in [6.45, 7) is 5.57. The summed E-state index contributed by atoms with van der Waals surface area (Å²) in [7, 11) is 0. The number of halogens is 1. The summed E-state index contributed by atoms with van der Waals surface area (Å²) < 4.78 is 17.4. The van der Waals surface area contributed by atoms with Gasteiger partial charge in [0.25, 0.3) is 5.91 Å². The second kappa shape index (κ2) is 7.36. The van der Waals surface area contributed by atoms with E-state index in [2.05, 4.69) is 10.2 Å². The van der Waals surface area contributed by atoms with Crippen LogP contribution in [-0.2, 0) is 11.3 Å². The number of benzene rings is 1. The fraction of sp³-hybridized carbons (Fsp3) is 0.533. The third-order valence-corrected chi connectivity index (χ3v) is 3.44. The average molecular weight is 280 g/mol. The summed E-state index contributed by atoms with van der Waals surface area (Å²) in [5.74, 6) is -0.205. The monoisotopic (exact) mass is 280 g/mol. The van der Waals surface area contributed by atoms with E-state index in [1.54, 1.807) is 0 Å². The van der Waals surface area contributed by atoms with Gasteiger partial charge in [0.15, 0.2) is 0 Å². The van der Waals surface area contributed by atoms with Crippen molar-refractivity contribution in [3.05, 3.63) is 34.9 Å². The van der Waals surface area contributed by atoms with E-state index in [1.807, 2.05) is 25.1 Å². The van der Waals surface area contributed by atoms with Gasteiger partial charge in [-0.1, -0.05) is 12.1 Å². The minimum absolute atomic E-state index is 0.0615. The molecule has 1 aliphatic rings. The number of hydrogen-bond donors (Lipinski definition) is 1. The van der Waals surface area contributed by atoms with Crippen LogP contribution in [0, 0.1) is 6.92 Å². The van der Waals surface area contributed by atoms with E-state index in [1.165, 1.54) is 0 Å². The zero-order valence-corrected chi connectivity index (χ0v) is 11.8. The molecule has 0 atom stereocenters. The first kappa shape index (κ1) is 14.9. The topological polar surface area (TPSA) is 41.6 Å². The number of rotatable bonds is 5. The molecule has 110 valence electrons. The van der Waals surface area contributed by atoms with Gasteiger partial charge in [0.1, 0.15) is 6.67 Å². The summed E-state index contributed by atoms with van der Waals surface area (Å²) in [4.78, 5) is 14.3. The van der Waals surface area contributed by atoms with Crippen molar-refractivity contribution in [3.8, 4) is 0 Å². The predicted molar refractivity (Wildman–Crippen MR) is 75.6 cm³/mol. The fourth-order valence-electron chi connectivity index (χ4n) is 2.29. The van der Waals surface area contributed by atoms with Gasteiger partial charge in [0.2, 0.25) is 0 Å². The smallest absolute Gasteiger partial charge is 0.251 e. The van der Waals surface area contributed by atoms with E-state index in [9.17, 15) is 9.18 Å². The summed E-state index contributed by atoms with van der Waals surface area (Å²) in [5, 5.41) is 2.57. The Hall–Kier alpha value is -1.46. The molecular formula is C15H21FN2O2. The van der Waals surface area contributed by atoms with Gasteiger partial charge in [-0.05, 0) is 24.1 Å². The van der Waals surface area contributed by atoms with Crippen LogP contribution in [0.5, 0.6) is 0 Å². The molecule has 1 saturated heterocycles. The second-order valence-electron chi connectivity index (χ2n) is 4.98. The number of nitrogens with one attached hydrogen (secondary N) is 1. The lowest BCUT2D eigenvalue weighted by Gasteiger charge is -2.26. The fourth-order valence-corrected chi connectivity index (χ4v) is 2.29. The van der Waals surface area contributed by atoms with Crippen LogP contribution in [0.1, 0.15) is 21.5 Å². The predicted octanol–water partition coefficient (Wildman–Crippen LogP) is 1.53. The number of carbonyl (C=O) groups is 1. The minimum atomic E-state index is -0.543. The van der Waals surface area contributed by atoms with Crippen molar-refractivity contribution < 1.29 is 13.9 Å². The van der Waals surface area contributed by atoms with Crippen molar-refractivity contribution in [3.63, 3.8) is 0 Å². The van der Waals surface area contributed by atoms with E-state index in [0.717, 1.165) is 44.0 Å². The lowest BCUT2D eigenvalue weighted by Crippen LogP contribution is -2.35. The molecule has 1 aromatic carbocycles. The summed E-state index contributed by atoms with van der Waals surface area (Å²) in [5.41, 5.74) is 2.64. The van der Waals surface area contributed by atoms with Gasteiger partial charge in [-0.3, -0.25) is 9.69 Å². The van der Waals surface area contributed by atoms with Crippen molar-refractivity contribution in [1.82, 2.24) is 10.2 Å². The molecule has 0 bridgehead atoms. The largest absolute Gasteiger partial charge is 0.379 e. The quantitative estimate of drug-likeness (QED) is 0.889. The Labute approximate surface area is 118 Å². The molecular weight excluding hydrogens is 259 g/mol. The molecule has 0 saturated carbocycles. The highest BCUT2D eigenvalue weighted by atomic mass is 19.1. The van der Waals surface area contributed by atoms with Crippen molar-refractivity contribution in [2.24, 2.45) is 0 Å². The maximum Gasteiger partial charge on any atom is 0.251 e. The Morgan fingerprint density at radius 1 is 1.40 bits per heavy atom. The third-order valence-electron chi connectivity index (χ3n) is 3.44. The van der Waals surface area contributed by atoms with Crippen LogP contribution in [0.25, 0.3) is 0 Å². The lowest BCUT2D eigenvalue weighted by molar-refractivity contribution is 0.0342. The maximum atomic E-state index is 12.1. The Morgan fingerprint density at radius 3 is 2.85 bits per heavy atom. The van der Waals surface area contributed by atoms with E-state index in [-0.39, 0.29) is 12.5 Å². The highest BCUT2D eigenvalue weighted by Crippen LogP contribution is 2.14. The molecule has 4 nitrogen and oxygen atoms in total. The van der Waals surface area contributed by atoms with Crippen molar-refractivity contribution in [1.29, 1.82) is 0 Å². The van der Waals surface area contributed by atoms with Crippen LogP contribution in [0.2, 0.25) is 0 Å². The summed E-state index contributed by atoms with van der Waals surface area (Å²) in [6, 6.07) is 5.88. The molecule has 5 heteroatoms. The van der Waals surface area contributed by atoms with Crippen molar-refractivity contribution >= 4 is 5.91 Å². The van der Waals surface area contributed by atoms with Crippen molar-refractivity contribution in [2.75, 3.05) is 39.5 Å². The van der Waals surface area contributed by atoms with E-state index in [4.69, 9.17) is 4.74 Å². The molecule has 20 heavy (non-hydrogen) atoms. The molecule has 1 heterocycles. The SMILES string of the molecule is Cc1ccc(CN2CCOCC2)cc1C(=O)NCCF. The zero-order chi connectivity index (χ0) is 14.4. The maximum absolute atomic E-state index is 12.1. The first-order chi connectivity index (χ1) is 9.70. The van der Waals surface area contributed by atoms with Gasteiger partial charge >= 0.3 is 0 Å². The molecule has 0 aromatic heterocycles. The molecule has 1 N–H and O–H groups in total. The van der Waals surface area contributed by atoms with Crippen LogP contribution in [-0.4, -0.2) is 50.3 Å². The standard InChI is InChI=1S/C15H21FN2O2/c1-12-2-3-13(11-18-6-8-20-9-7-18)10-14(12)15(19)17-5-4-16/h2-3,10H,4-9,11H2,1H3,(H,17,19). The lowest BCUT2D eigenvalue weighted by atomic mass is 10.0. The minimum Gasteiger partial charge on any atom is -0.379 e. The van der Waals surface area contributed by atoms with Gasteiger partial charge in [-0.15, -0.1) is 0 Å². The van der Waals surface area contributed by atoms with Crippen molar-refractivity contribution in [2.45, 2.75) is 13.5 Å². The Morgan fingerprint density at radius 2 is 2.15 bits per heavy atom. The molecule has 0 aliphatic carbocycles. The molecule has 0 radical (unpaired) electrons. The number of amides is 1. The van der Waals surface area contributed by atoms with Gasteiger partial charge < -0.3 is 10.1 Å². The van der Waals surface area contributed by atoms with E-state index in [0.29, 0.717) is 5.56 Å². The molecule has 1 aliphatic heterocycles. The summed E-state index contributed by atoms with van der Waals surface area (Å²) in [6.07, 6.45) is 0. The molecule has 2 rings (SSSR count). The Bertz CT molecular complexity index is 459. The number of hydrogen-bond acceptors (Lipinski definition) is 3. The van der Waals surface area contributed by atoms with E-state index < -0.39 is 6.67 Å². The molecule has 0 unspecified atom stereocenters. The molecule has 0 spiro atoms. The van der Waals surface area contributed by atoms with Crippen LogP contribution in [0.15, 0.2) is 18.2 Å². The highest BCUT2D eigenvalue weighted by Gasteiger charge is 2.13. The first-order valence-corrected chi connectivity index (χ1v) is 6.94. The zero-order valence-electron chi connectivity index (χ0n) is 11.8. The number of alkyl halides is 1. The molecule has 1 amide bonds. The first-order valence-electron chi connectivity index (χ1n) is 6.94. The molecule has 1 aromatic rings. The van der Waals surface area contributed by atoms with Crippen LogP contribution < -0.4 is 5.32 Å². The van der Waals surface area contributed by atoms with Gasteiger partial charge in [0.05, 0.1) is 13.2 Å². The number of carbonyl (C=O) groups excluding carboxylic acids is 1. The number of aryl methyl sites for hydroxylation is 1. The number of morpholine rings is 1. The highest BCUT2D eigenvalue weighted by molar-refractivity contribution is 5.95. The van der Waals surface area contributed by atoms with Crippen LogP contribution in [0.4, 0.5) is 4.39 Å². The molecule has 1 fully saturated rings. The number of nitrogens with zero attached hydrogens (tertiary/aromatic N) is 1. The van der Waals surface area contributed by atoms with Gasteiger partial charge in [0, 0.05) is 31.7 Å². The third kappa shape index (κ3) is 4.02. The van der Waals surface area contributed by atoms with E-state index >= 15 is 0 Å². The van der Waals surface area contributed by atoms with Crippen LogP contribution >= 0.6 is 0 Å². The van der Waals surface area contributed by atoms with Crippen LogP contribution in [0.3, 0.4) is 0 Å². The Kier molecular flexibility index (Phi) is 5.49. The second-order valence-corrected chi connectivity index (χ2v) is 4.98. The van der Waals surface area contributed by atoms with Gasteiger partial charge in [-0.2, -0.15) is 0 Å². The number of ether oxygens (including phenoxy) is 1. The summed E-state index contributed by atoms with van der Waals surface area (Å²) >= 11 is 0.